The molecular weight excluding hydrogens is 272 g/mol. The molecule has 0 aromatic carbocycles. The van der Waals surface area contributed by atoms with Crippen LogP contribution in [0.15, 0.2) is 11.1 Å². The average Bonchev–Trinajstić information content (AvgIpc) is 2.72. The number of nitrogens with two attached hydrogens (primary N) is 1. The molecule has 1 unspecified atom stereocenters. The van der Waals surface area contributed by atoms with Crippen LogP contribution in [-0.4, -0.2) is 35.7 Å². The number of nitrogens with one attached hydrogen (secondary N) is 1. The number of sulfonamides is 1. The molecule has 1 saturated heterocycles. The first-order valence-corrected chi connectivity index (χ1v) is 8.59. The summed E-state index contributed by atoms with van der Waals surface area (Å²) in [7, 11) is -3.55. The molecule has 1 aromatic heterocycles. The summed E-state index contributed by atoms with van der Waals surface area (Å²) in [5, 5.41) is 3.96. The molecule has 18 heavy (non-hydrogen) atoms. The van der Waals surface area contributed by atoms with Gasteiger partial charge in [0.1, 0.15) is 4.90 Å². The number of rotatable bonds is 4. The lowest BCUT2D eigenvalue weighted by Crippen LogP contribution is -2.38. The van der Waals surface area contributed by atoms with E-state index in [1.165, 1.54) is 10.9 Å². The third-order valence-electron chi connectivity index (χ3n) is 2.85. The van der Waals surface area contributed by atoms with Gasteiger partial charge in [0.15, 0.2) is 5.82 Å². The molecule has 0 radical (unpaired) electrons. The summed E-state index contributed by atoms with van der Waals surface area (Å²) in [6, 6.07) is -0.00173. The van der Waals surface area contributed by atoms with Gasteiger partial charge in [-0.05, 0) is 25.5 Å². The SMILES string of the molecule is CCn1cc(S(=O)(=O)NC2CCCSC2)c(N)n1. The van der Waals surface area contributed by atoms with Crippen molar-refractivity contribution in [3.05, 3.63) is 6.20 Å². The predicted molar refractivity (Wildman–Crippen MR) is 73.0 cm³/mol. The summed E-state index contributed by atoms with van der Waals surface area (Å²) in [4.78, 5) is 0.0833. The van der Waals surface area contributed by atoms with Crippen LogP contribution in [0.4, 0.5) is 5.82 Å². The molecule has 0 spiro atoms. The predicted octanol–water partition coefficient (Wildman–Crippen LogP) is 0.659. The third-order valence-corrected chi connectivity index (χ3v) is 5.60. The minimum atomic E-state index is -3.55. The maximum Gasteiger partial charge on any atom is 0.246 e. The number of hydrogen-bond acceptors (Lipinski definition) is 5. The molecule has 1 atom stereocenters. The van der Waals surface area contributed by atoms with Gasteiger partial charge in [-0.2, -0.15) is 16.9 Å². The summed E-state index contributed by atoms with van der Waals surface area (Å²) in [6.07, 6.45) is 3.41. The normalized spacial score (nSPS) is 21.1. The highest BCUT2D eigenvalue weighted by Gasteiger charge is 2.25. The van der Waals surface area contributed by atoms with Crippen LogP contribution in [-0.2, 0) is 16.6 Å². The van der Waals surface area contributed by atoms with E-state index in [0.717, 1.165) is 24.3 Å². The number of hydrogen-bond donors (Lipinski definition) is 2. The number of aryl methyl sites for hydroxylation is 1. The van der Waals surface area contributed by atoms with E-state index in [1.54, 1.807) is 11.8 Å². The van der Waals surface area contributed by atoms with Gasteiger partial charge < -0.3 is 5.73 Å². The second-order valence-electron chi connectivity index (χ2n) is 4.27. The summed E-state index contributed by atoms with van der Waals surface area (Å²) in [5.41, 5.74) is 5.65. The molecule has 3 N–H and O–H groups in total. The first-order chi connectivity index (χ1) is 8.53. The zero-order valence-electron chi connectivity index (χ0n) is 10.3. The quantitative estimate of drug-likeness (QED) is 0.850. The maximum absolute atomic E-state index is 12.2. The summed E-state index contributed by atoms with van der Waals surface area (Å²) >= 11 is 1.77. The van der Waals surface area contributed by atoms with Crippen molar-refractivity contribution < 1.29 is 8.42 Å². The Hall–Kier alpha value is -0.730. The number of aromatic nitrogens is 2. The van der Waals surface area contributed by atoms with E-state index < -0.39 is 10.0 Å². The van der Waals surface area contributed by atoms with Crippen LogP contribution in [0.5, 0.6) is 0 Å². The van der Waals surface area contributed by atoms with Gasteiger partial charge in [-0.25, -0.2) is 13.1 Å². The van der Waals surface area contributed by atoms with Crippen LogP contribution in [0.2, 0.25) is 0 Å². The van der Waals surface area contributed by atoms with Crippen molar-refractivity contribution in [2.24, 2.45) is 0 Å². The Bertz CT molecular complexity index is 506. The number of nitrogens with zero attached hydrogens (tertiary/aromatic N) is 2. The Labute approximate surface area is 111 Å². The smallest absolute Gasteiger partial charge is 0.246 e. The fourth-order valence-electron chi connectivity index (χ4n) is 1.90. The van der Waals surface area contributed by atoms with E-state index in [4.69, 9.17) is 5.73 Å². The molecule has 2 heterocycles. The zero-order chi connectivity index (χ0) is 13.2. The van der Waals surface area contributed by atoms with Crippen molar-refractivity contribution in [2.45, 2.75) is 37.2 Å². The minimum absolute atomic E-state index is 0.00173. The molecule has 1 aromatic rings. The van der Waals surface area contributed by atoms with Crippen LogP contribution in [0.25, 0.3) is 0 Å². The maximum atomic E-state index is 12.2. The second kappa shape index (κ2) is 5.50. The van der Waals surface area contributed by atoms with Gasteiger partial charge in [-0.1, -0.05) is 0 Å². The molecule has 0 amide bonds. The van der Waals surface area contributed by atoms with Crippen molar-refractivity contribution in [1.82, 2.24) is 14.5 Å². The van der Waals surface area contributed by atoms with Crippen molar-refractivity contribution >= 4 is 27.6 Å². The summed E-state index contributed by atoms with van der Waals surface area (Å²) in [5.74, 6) is 1.99. The monoisotopic (exact) mass is 290 g/mol. The van der Waals surface area contributed by atoms with Crippen LogP contribution in [0, 0.1) is 0 Å². The zero-order valence-corrected chi connectivity index (χ0v) is 11.9. The van der Waals surface area contributed by atoms with Gasteiger partial charge in [0, 0.05) is 24.5 Å². The molecule has 8 heteroatoms. The Morgan fingerprint density at radius 2 is 2.44 bits per heavy atom. The molecule has 0 aliphatic carbocycles. The largest absolute Gasteiger partial charge is 0.381 e. The molecule has 0 bridgehead atoms. The first kappa shape index (κ1) is 13.7. The van der Waals surface area contributed by atoms with Crippen LogP contribution >= 0.6 is 11.8 Å². The van der Waals surface area contributed by atoms with Gasteiger partial charge in [0.2, 0.25) is 10.0 Å². The fraction of sp³-hybridized carbons (Fsp3) is 0.700. The van der Waals surface area contributed by atoms with E-state index >= 15 is 0 Å². The van der Waals surface area contributed by atoms with E-state index in [0.29, 0.717) is 6.54 Å². The van der Waals surface area contributed by atoms with Crippen molar-refractivity contribution in [1.29, 1.82) is 0 Å². The number of thioether (sulfide) groups is 1. The number of nitrogen functional groups attached to an aromatic ring is 1. The average molecular weight is 290 g/mol. The highest BCUT2D eigenvalue weighted by Crippen LogP contribution is 2.21. The van der Waals surface area contributed by atoms with E-state index in [-0.39, 0.29) is 16.8 Å². The Kier molecular flexibility index (Phi) is 4.18. The molecular formula is C10H18N4O2S2. The van der Waals surface area contributed by atoms with Gasteiger partial charge >= 0.3 is 0 Å². The highest BCUT2D eigenvalue weighted by molar-refractivity contribution is 7.99. The van der Waals surface area contributed by atoms with Gasteiger partial charge in [-0.15, -0.1) is 0 Å². The molecule has 102 valence electrons. The molecule has 1 aliphatic rings. The first-order valence-electron chi connectivity index (χ1n) is 5.96. The molecule has 1 aliphatic heterocycles. The summed E-state index contributed by atoms with van der Waals surface area (Å²) < 4.78 is 28.6. The molecule has 2 rings (SSSR count). The topological polar surface area (TPSA) is 90.0 Å². The van der Waals surface area contributed by atoms with Crippen molar-refractivity contribution in [3.8, 4) is 0 Å². The van der Waals surface area contributed by atoms with Gasteiger partial charge in [-0.3, -0.25) is 4.68 Å². The van der Waals surface area contributed by atoms with Gasteiger partial charge in [0.25, 0.3) is 0 Å². The Morgan fingerprint density at radius 1 is 1.67 bits per heavy atom. The number of anilines is 1. The Balaban J connectivity index is 2.16. The fourth-order valence-corrected chi connectivity index (χ4v) is 4.42. The minimum Gasteiger partial charge on any atom is -0.381 e. The van der Waals surface area contributed by atoms with E-state index in [2.05, 4.69) is 9.82 Å². The highest BCUT2D eigenvalue weighted by atomic mass is 32.2. The van der Waals surface area contributed by atoms with E-state index in [9.17, 15) is 8.42 Å². The standard InChI is InChI=1S/C10H18N4O2S2/c1-2-14-6-9(10(11)12-14)18(15,16)13-8-4-3-5-17-7-8/h6,8,13H,2-5,7H2,1H3,(H2,11,12). The summed E-state index contributed by atoms with van der Waals surface area (Å²) in [6.45, 7) is 2.48. The Morgan fingerprint density at radius 3 is 3.00 bits per heavy atom. The van der Waals surface area contributed by atoms with Crippen molar-refractivity contribution in [3.63, 3.8) is 0 Å². The van der Waals surface area contributed by atoms with Crippen LogP contribution < -0.4 is 10.5 Å². The molecule has 6 nitrogen and oxygen atoms in total. The molecule has 1 fully saturated rings. The van der Waals surface area contributed by atoms with Gasteiger partial charge in [0.05, 0.1) is 0 Å². The van der Waals surface area contributed by atoms with Crippen LogP contribution in [0.1, 0.15) is 19.8 Å². The van der Waals surface area contributed by atoms with E-state index in [1.807, 2.05) is 6.92 Å². The molecule has 0 saturated carbocycles. The van der Waals surface area contributed by atoms with Crippen molar-refractivity contribution in [2.75, 3.05) is 17.2 Å². The van der Waals surface area contributed by atoms with Crippen LogP contribution in [0.3, 0.4) is 0 Å². The lowest BCUT2D eigenvalue weighted by molar-refractivity contribution is 0.543. The second-order valence-corrected chi connectivity index (χ2v) is 7.10. The third kappa shape index (κ3) is 2.99. The lowest BCUT2D eigenvalue weighted by Gasteiger charge is -2.21. The lowest BCUT2D eigenvalue weighted by atomic mass is 10.2.